The first-order valence-corrected chi connectivity index (χ1v) is 13.0. The predicted octanol–water partition coefficient (Wildman–Crippen LogP) is 6.67. The van der Waals surface area contributed by atoms with Crippen molar-refractivity contribution in [2.45, 2.75) is 26.1 Å². The van der Waals surface area contributed by atoms with E-state index >= 15 is 4.39 Å². The van der Waals surface area contributed by atoms with E-state index in [1.165, 1.54) is 35.7 Å². The first-order valence-electron chi connectivity index (χ1n) is 12.2. The van der Waals surface area contributed by atoms with E-state index in [1.807, 2.05) is 23.8 Å². The number of alkyl halides is 3. The van der Waals surface area contributed by atoms with Crippen molar-refractivity contribution in [3.63, 3.8) is 0 Å². The van der Waals surface area contributed by atoms with Gasteiger partial charge in [0.1, 0.15) is 12.2 Å². The molecule has 2 N–H and O–H groups in total. The fourth-order valence-corrected chi connectivity index (χ4v) is 5.19. The molecule has 3 heterocycles. The number of hydrogen-bond donors (Lipinski definition) is 1. The number of nitrogens with two attached hydrogens (primary N) is 1. The van der Waals surface area contributed by atoms with Crippen LogP contribution in [0.3, 0.4) is 0 Å². The van der Waals surface area contributed by atoms with E-state index in [2.05, 4.69) is 9.97 Å². The van der Waals surface area contributed by atoms with Gasteiger partial charge in [-0.25, -0.2) is 9.37 Å². The SMILES string of the molecule is CCn1cnc(-c2cc3nccc(Oc4ccc(N(C(=O)CC(N)=O)c5ccccc5C(F)(F)F)cc4F)c3s2)c1. The summed E-state index contributed by atoms with van der Waals surface area (Å²) >= 11 is 1.36. The molecule has 41 heavy (non-hydrogen) atoms. The lowest BCUT2D eigenvalue weighted by Crippen LogP contribution is -2.31. The highest BCUT2D eigenvalue weighted by Gasteiger charge is 2.36. The number of pyridine rings is 1. The number of aryl methyl sites for hydroxylation is 1. The maximum absolute atomic E-state index is 15.4. The summed E-state index contributed by atoms with van der Waals surface area (Å²) in [6.07, 6.45) is -0.607. The van der Waals surface area contributed by atoms with Gasteiger partial charge in [0, 0.05) is 31.1 Å². The summed E-state index contributed by atoms with van der Waals surface area (Å²) in [4.78, 5) is 34.5. The van der Waals surface area contributed by atoms with Crippen molar-refractivity contribution < 1.29 is 31.9 Å². The summed E-state index contributed by atoms with van der Waals surface area (Å²) < 4.78 is 65.1. The monoisotopic (exact) mass is 583 g/mol. The molecule has 0 unspecified atom stereocenters. The summed E-state index contributed by atoms with van der Waals surface area (Å²) in [5.74, 6) is -3.00. The number of thiophene rings is 1. The molecule has 210 valence electrons. The number of carbonyl (C=O) groups excluding carboxylic acids is 2. The molecule has 13 heteroatoms. The number of nitrogens with zero attached hydrogens (tertiary/aromatic N) is 4. The molecule has 0 fully saturated rings. The maximum atomic E-state index is 15.4. The highest BCUT2D eigenvalue weighted by Crippen LogP contribution is 2.42. The number of rotatable bonds is 8. The number of carbonyl (C=O) groups is 2. The summed E-state index contributed by atoms with van der Waals surface area (Å²) in [6, 6.07) is 10.9. The molecule has 5 aromatic rings. The minimum Gasteiger partial charge on any atom is -0.453 e. The van der Waals surface area contributed by atoms with Gasteiger partial charge in [0.15, 0.2) is 11.6 Å². The zero-order valence-electron chi connectivity index (χ0n) is 21.4. The molecule has 8 nitrogen and oxygen atoms in total. The Bertz CT molecular complexity index is 1770. The number of anilines is 2. The molecular weight excluding hydrogens is 562 g/mol. The van der Waals surface area contributed by atoms with Gasteiger partial charge in [-0.2, -0.15) is 13.2 Å². The zero-order chi connectivity index (χ0) is 29.3. The Morgan fingerprint density at radius 1 is 1.07 bits per heavy atom. The van der Waals surface area contributed by atoms with Crippen LogP contribution >= 0.6 is 11.3 Å². The second-order valence-corrected chi connectivity index (χ2v) is 9.88. The molecule has 2 aromatic carbocycles. The van der Waals surface area contributed by atoms with Crippen molar-refractivity contribution in [3.8, 4) is 22.1 Å². The van der Waals surface area contributed by atoms with E-state index < -0.39 is 41.5 Å². The fraction of sp³-hybridized carbons (Fsp3) is 0.143. The lowest BCUT2D eigenvalue weighted by atomic mass is 10.1. The number of ether oxygens (including phenoxy) is 1. The molecule has 0 saturated carbocycles. The Hall–Kier alpha value is -4.78. The Morgan fingerprint density at radius 2 is 1.85 bits per heavy atom. The van der Waals surface area contributed by atoms with Crippen LogP contribution in [-0.4, -0.2) is 26.3 Å². The topological polar surface area (TPSA) is 103 Å². The maximum Gasteiger partial charge on any atom is 0.418 e. The molecule has 0 radical (unpaired) electrons. The normalized spacial score (nSPS) is 11.5. The van der Waals surface area contributed by atoms with Crippen molar-refractivity contribution >= 4 is 44.7 Å². The van der Waals surface area contributed by atoms with Crippen LogP contribution in [0.25, 0.3) is 20.8 Å². The molecule has 0 aliphatic heterocycles. The van der Waals surface area contributed by atoms with Crippen LogP contribution in [0.1, 0.15) is 18.9 Å². The highest BCUT2D eigenvalue weighted by atomic mass is 32.1. The number of amides is 2. The minimum atomic E-state index is -4.83. The lowest BCUT2D eigenvalue weighted by molar-refractivity contribution is -0.137. The molecule has 3 aromatic heterocycles. The summed E-state index contributed by atoms with van der Waals surface area (Å²) in [6.45, 7) is 2.75. The third-order valence-electron chi connectivity index (χ3n) is 6.05. The quantitative estimate of drug-likeness (QED) is 0.162. The van der Waals surface area contributed by atoms with Crippen LogP contribution in [0.4, 0.5) is 28.9 Å². The fourth-order valence-electron chi connectivity index (χ4n) is 4.17. The van der Waals surface area contributed by atoms with E-state index in [1.54, 1.807) is 12.4 Å². The number of benzene rings is 2. The van der Waals surface area contributed by atoms with Crippen molar-refractivity contribution in [1.29, 1.82) is 0 Å². The summed E-state index contributed by atoms with van der Waals surface area (Å²) in [5.41, 5.74) is 4.52. The van der Waals surface area contributed by atoms with Gasteiger partial charge < -0.3 is 15.0 Å². The van der Waals surface area contributed by atoms with Crippen LogP contribution in [0.2, 0.25) is 0 Å². The average molecular weight is 584 g/mol. The predicted molar refractivity (Wildman–Crippen MR) is 145 cm³/mol. The number of primary amides is 1. The number of hydrogen-bond acceptors (Lipinski definition) is 6. The molecule has 0 aliphatic rings. The van der Waals surface area contributed by atoms with Crippen molar-refractivity contribution in [3.05, 3.63) is 84.7 Å². The first kappa shape index (κ1) is 27.8. The van der Waals surface area contributed by atoms with Gasteiger partial charge >= 0.3 is 6.18 Å². The second-order valence-electron chi connectivity index (χ2n) is 8.83. The number of para-hydroxylation sites is 1. The first-order chi connectivity index (χ1) is 19.5. The molecule has 2 amide bonds. The Labute approximate surface area is 234 Å². The van der Waals surface area contributed by atoms with Gasteiger partial charge in [0.05, 0.1) is 44.1 Å². The number of aromatic nitrogens is 3. The molecule has 0 saturated heterocycles. The molecule has 0 bridgehead atoms. The Balaban J connectivity index is 1.51. The van der Waals surface area contributed by atoms with Gasteiger partial charge in [0.25, 0.3) is 0 Å². The standard InChI is InChI=1S/C28H21F4N5O3S/c1-2-36-14-20(35-15-36)24-12-19-27(41-24)23(9-10-34-19)40-22-8-7-16(11-18(22)29)37(26(39)13-25(33)38)21-6-4-3-5-17(21)28(30,31)32/h3-12,14-15H,2,13H2,1H3,(H2,33,38). The van der Waals surface area contributed by atoms with Crippen LogP contribution < -0.4 is 15.4 Å². The number of imidazole rings is 1. The summed E-state index contributed by atoms with van der Waals surface area (Å²) in [5, 5.41) is 0. The van der Waals surface area contributed by atoms with Crippen molar-refractivity contribution in [1.82, 2.24) is 14.5 Å². The van der Waals surface area contributed by atoms with E-state index in [0.717, 1.165) is 41.4 Å². The van der Waals surface area contributed by atoms with Gasteiger partial charge in [-0.15, -0.1) is 11.3 Å². The Morgan fingerprint density at radius 3 is 2.54 bits per heavy atom. The van der Waals surface area contributed by atoms with E-state index in [0.29, 0.717) is 20.9 Å². The van der Waals surface area contributed by atoms with Gasteiger partial charge in [0.2, 0.25) is 11.8 Å². The third kappa shape index (κ3) is 5.75. The number of halogens is 4. The molecule has 0 atom stereocenters. The second kappa shape index (κ2) is 11.0. The van der Waals surface area contributed by atoms with Gasteiger partial charge in [-0.1, -0.05) is 12.1 Å². The zero-order valence-corrected chi connectivity index (χ0v) is 22.2. The van der Waals surface area contributed by atoms with Gasteiger partial charge in [-0.3, -0.25) is 19.5 Å². The molecule has 0 spiro atoms. The van der Waals surface area contributed by atoms with E-state index in [9.17, 15) is 22.8 Å². The molecule has 5 rings (SSSR count). The van der Waals surface area contributed by atoms with E-state index in [4.69, 9.17) is 10.5 Å². The smallest absolute Gasteiger partial charge is 0.418 e. The van der Waals surface area contributed by atoms with Crippen molar-refractivity contribution in [2.75, 3.05) is 4.90 Å². The van der Waals surface area contributed by atoms with Crippen molar-refractivity contribution in [2.24, 2.45) is 5.73 Å². The molecule has 0 aliphatic carbocycles. The summed E-state index contributed by atoms with van der Waals surface area (Å²) in [7, 11) is 0. The largest absolute Gasteiger partial charge is 0.453 e. The van der Waals surface area contributed by atoms with Crippen LogP contribution in [0, 0.1) is 5.82 Å². The Kier molecular flexibility index (Phi) is 7.45. The lowest BCUT2D eigenvalue weighted by Gasteiger charge is -2.26. The van der Waals surface area contributed by atoms with Crippen LogP contribution in [-0.2, 0) is 22.3 Å². The number of fused-ring (bicyclic) bond motifs is 1. The minimum absolute atomic E-state index is 0.238. The molecular formula is C28H21F4N5O3S. The average Bonchev–Trinajstić information content (AvgIpc) is 3.57. The van der Waals surface area contributed by atoms with Crippen LogP contribution in [0.5, 0.6) is 11.5 Å². The third-order valence-corrected chi connectivity index (χ3v) is 7.21. The van der Waals surface area contributed by atoms with Crippen LogP contribution in [0.15, 0.2) is 73.3 Å². The van der Waals surface area contributed by atoms with Gasteiger partial charge in [-0.05, 0) is 37.3 Å². The van der Waals surface area contributed by atoms with E-state index in [-0.39, 0.29) is 11.4 Å². The highest BCUT2D eigenvalue weighted by molar-refractivity contribution is 7.22.